The summed E-state index contributed by atoms with van der Waals surface area (Å²) in [6.07, 6.45) is -1.58. The number of carbonyl (C=O) groups excluding carboxylic acids is 2. The van der Waals surface area contributed by atoms with Gasteiger partial charge in [-0.15, -0.1) is 0 Å². The van der Waals surface area contributed by atoms with Gasteiger partial charge in [-0.25, -0.2) is 8.78 Å². The molecule has 10 heteroatoms. The second-order valence-electron chi connectivity index (χ2n) is 6.90. The van der Waals surface area contributed by atoms with E-state index < -0.39 is 35.1 Å². The molecule has 2 aromatic carbocycles. The van der Waals surface area contributed by atoms with Gasteiger partial charge in [0.05, 0.1) is 17.9 Å². The summed E-state index contributed by atoms with van der Waals surface area (Å²) in [6, 6.07) is 8.69. The molecular formula is C22H26F2N4O4. The number of hydrogen-bond donors (Lipinski definition) is 3. The number of nitrogens with zero attached hydrogens (tertiary/aromatic N) is 1. The van der Waals surface area contributed by atoms with Gasteiger partial charge in [0.25, 0.3) is 5.91 Å². The minimum Gasteiger partial charge on any atom is -0.384 e. The molecule has 1 unspecified atom stereocenters. The number of rotatable bonds is 10. The third kappa shape index (κ3) is 5.86. The van der Waals surface area contributed by atoms with Crippen molar-refractivity contribution >= 4 is 23.3 Å². The van der Waals surface area contributed by atoms with Crippen LogP contribution in [0.15, 0.2) is 36.4 Å². The summed E-state index contributed by atoms with van der Waals surface area (Å²) in [5, 5.41) is 9.97. The summed E-state index contributed by atoms with van der Waals surface area (Å²) in [7, 11) is 2.59. The molecule has 172 valence electrons. The Morgan fingerprint density at radius 2 is 1.81 bits per heavy atom. The first-order chi connectivity index (χ1) is 15.2. The van der Waals surface area contributed by atoms with E-state index in [1.807, 2.05) is 0 Å². The number of carbonyl (C=O) groups is 2. The zero-order valence-electron chi connectivity index (χ0n) is 18.1. The summed E-state index contributed by atoms with van der Waals surface area (Å²) in [5.41, 5.74) is 5.85. The van der Waals surface area contributed by atoms with Gasteiger partial charge in [0, 0.05) is 39.8 Å². The van der Waals surface area contributed by atoms with Crippen molar-refractivity contribution < 1.29 is 27.8 Å². The molecule has 0 heterocycles. The normalized spacial score (nSPS) is 11.7. The number of amidine groups is 1. The maximum absolute atomic E-state index is 15.3. The molecule has 2 amide bonds. The van der Waals surface area contributed by atoms with Crippen molar-refractivity contribution in [2.45, 2.75) is 19.6 Å². The van der Waals surface area contributed by atoms with Crippen molar-refractivity contribution in [1.82, 2.24) is 5.32 Å². The van der Waals surface area contributed by atoms with Crippen LogP contribution in [0.2, 0.25) is 0 Å². The molecule has 0 bridgehead atoms. The van der Waals surface area contributed by atoms with Gasteiger partial charge >= 0.3 is 0 Å². The van der Waals surface area contributed by atoms with Crippen molar-refractivity contribution in [3.05, 3.63) is 64.7 Å². The maximum Gasteiger partial charge on any atom is 0.254 e. The number of nitrogens with two attached hydrogens (primary N) is 1. The Hall–Kier alpha value is -3.37. The highest BCUT2D eigenvalue weighted by Gasteiger charge is 2.30. The smallest absolute Gasteiger partial charge is 0.254 e. The third-order valence-corrected chi connectivity index (χ3v) is 4.76. The summed E-state index contributed by atoms with van der Waals surface area (Å²) >= 11 is 0. The lowest BCUT2D eigenvalue weighted by Gasteiger charge is -2.24. The van der Waals surface area contributed by atoms with E-state index in [2.05, 4.69) is 5.32 Å². The highest BCUT2D eigenvalue weighted by Crippen LogP contribution is 2.31. The molecule has 0 aliphatic heterocycles. The van der Waals surface area contributed by atoms with Crippen LogP contribution in [0.1, 0.15) is 29.7 Å². The average Bonchev–Trinajstić information content (AvgIpc) is 2.76. The van der Waals surface area contributed by atoms with E-state index in [0.29, 0.717) is 11.1 Å². The minimum atomic E-state index is -1.58. The van der Waals surface area contributed by atoms with Gasteiger partial charge in [-0.3, -0.25) is 15.0 Å². The fourth-order valence-corrected chi connectivity index (χ4v) is 3.08. The van der Waals surface area contributed by atoms with Crippen molar-refractivity contribution in [2.75, 3.05) is 32.3 Å². The Labute approximate surface area is 184 Å². The number of nitrogen functional groups attached to an aromatic ring is 1. The molecule has 0 aromatic heterocycles. The van der Waals surface area contributed by atoms with E-state index in [-0.39, 0.29) is 31.2 Å². The molecule has 0 spiro atoms. The largest absolute Gasteiger partial charge is 0.384 e. The Kier molecular flexibility index (Phi) is 8.80. The molecule has 0 saturated carbocycles. The first-order valence-electron chi connectivity index (χ1n) is 9.70. The molecule has 2 rings (SSSR count). The van der Waals surface area contributed by atoms with E-state index in [1.165, 1.54) is 14.0 Å². The molecule has 1 atom stereocenters. The number of anilines is 1. The summed E-state index contributed by atoms with van der Waals surface area (Å²) in [6.45, 7) is 1.50. The Bertz CT molecular complexity index is 983. The van der Waals surface area contributed by atoms with E-state index in [1.54, 1.807) is 24.3 Å². The molecule has 0 saturated heterocycles. The van der Waals surface area contributed by atoms with Crippen molar-refractivity contribution in [1.29, 1.82) is 5.41 Å². The van der Waals surface area contributed by atoms with Gasteiger partial charge in [-0.1, -0.05) is 24.3 Å². The van der Waals surface area contributed by atoms with Crippen LogP contribution in [0.4, 0.5) is 14.5 Å². The van der Waals surface area contributed by atoms with Gasteiger partial charge in [0.1, 0.15) is 11.7 Å². The highest BCUT2D eigenvalue weighted by atomic mass is 19.1. The van der Waals surface area contributed by atoms with Crippen LogP contribution in [0.5, 0.6) is 0 Å². The van der Waals surface area contributed by atoms with E-state index in [0.717, 1.165) is 24.1 Å². The highest BCUT2D eigenvalue weighted by molar-refractivity contribution is 5.95. The molecule has 0 aliphatic carbocycles. The predicted octanol–water partition coefficient (Wildman–Crippen LogP) is 2.25. The molecule has 0 aliphatic rings. The van der Waals surface area contributed by atoms with Crippen LogP contribution in [-0.2, 0) is 25.6 Å². The SMILES string of the molecule is COCCN(C(C)=O)c1ccc(F)c(C(OC)C(=O)NCc2ccc(C(=N)N)cc2)c1F. The Morgan fingerprint density at radius 1 is 1.16 bits per heavy atom. The Balaban J connectivity index is 2.27. The van der Waals surface area contributed by atoms with Crippen LogP contribution >= 0.6 is 0 Å². The van der Waals surface area contributed by atoms with Crippen LogP contribution in [-0.4, -0.2) is 45.0 Å². The molecule has 4 N–H and O–H groups in total. The number of nitrogens with one attached hydrogen (secondary N) is 2. The van der Waals surface area contributed by atoms with Gasteiger partial charge in [0.2, 0.25) is 5.91 Å². The quantitative estimate of drug-likeness (QED) is 0.381. The first kappa shape index (κ1) is 24.9. The number of ether oxygens (including phenoxy) is 2. The predicted molar refractivity (Wildman–Crippen MR) is 115 cm³/mol. The lowest BCUT2D eigenvalue weighted by molar-refractivity contribution is -0.131. The number of benzene rings is 2. The summed E-state index contributed by atoms with van der Waals surface area (Å²) in [5.74, 6) is -3.36. The molecule has 0 radical (unpaired) electrons. The van der Waals surface area contributed by atoms with Gasteiger partial charge in [0.15, 0.2) is 11.9 Å². The number of amides is 2. The third-order valence-electron chi connectivity index (χ3n) is 4.76. The maximum atomic E-state index is 15.3. The standard InChI is InChI=1S/C22H26F2N4O4/c1-13(29)28(10-11-31-2)17-9-8-16(23)18(19(17)24)20(32-3)22(30)27-12-14-4-6-15(7-5-14)21(25)26/h4-9,20H,10-12H2,1-3H3,(H3,25,26)(H,27,30). The van der Waals surface area contributed by atoms with Crippen molar-refractivity contribution in [3.8, 4) is 0 Å². The van der Waals surface area contributed by atoms with Crippen molar-refractivity contribution in [3.63, 3.8) is 0 Å². The zero-order chi connectivity index (χ0) is 23.8. The first-order valence-corrected chi connectivity index (χ1v) is 9.70. The fraction of sp³-hybridized carbons (Fsp3) is 0.318. The van der Waals surface area contributed by atoms with Crippen LogP contribution in [0.25, 0.3) is 0 Å². The molecule has 8 nitrogen and oxygen atoms in total. The van der Waals surface area contributed by atoms with Gasteiger partial charge in [-0.05, 0) is 17.7 Å². The number of hydrogen-bond acceptors (Lipinski definition) is 5. The van der Waals surface area contributed by atoms with E-state index in [9.17, 15) is 14.0 Å². The Morgan fingerprint density at radius 3 is 2.34 bits per heavy atom. The van der Waals surface area contributed by atoms with E-state index in [4.69, 9.17) is 20.6 Å². The number of halogens is 2. The van der Waals surface area contributed by atoms with Gasteiger partial charge in [-0.2, -0.15) is 0 Å². The van der Waals surface area contributed by atoms with Gasteiger partial charge < -0.3 is 25.4 Å². The fourth-order valence-electron chi connectivity index (χ4n) is 3.08. The number of methoxy groups -OCH3 is 2. The summed E-state index contributed by atoms with van der Waals surface area (Å²) in [4.78, 5) is 25.8. The van der Waals surface area contributed by atoms with Crippen LogP contribution in [0.3, 0.4) is 0 Å². The molecule has 0 fully saturated rings. The second kappa shape index (κ2) is 11.3. The average molecular weight is 448 g/mol. The van der Waals surface area contributed by atoms with Crippen LogP contribution < -0.4 is 16.0 Å². The summed E-state index contributed by atoms with van der Waals surface area (Å²) < 4.78 is 39.9. The zero-order valence-corrected chi connectivity index (χ0v) is 18.1. The molecular weight excluding hydrogens is 422 g/mol. The minimum absolute atomic E-state index is 0.0495. The molecule has 2 aromatic rings. The van der Waals surface area contributed by atoms with E-state index >= 15 is 4.39 Å². The lowest BCUT2D eigenvalue weighted by Crippen LogP contribution is -2.34. The van der Waals surface area contributed by atoms with Crippen molar-refractivity contribution in [2.24, 2.45) is 5.73 Å². The monoisotopic (exact) mass is 448 g/mol. The van der Waals surface area contributed by atoms with Crippen LogP contribution in [0, 0.1) is 17.0 Å². The lowest BCUT2D eigenvalue weighted by atomic mass is 10.0. The second-order valence-corrected chi connectivity index (χ2v) is 6.90. The topological polar surface area (TPSA) is 118 Å². The molecule has 32 heavy (non-hydrogen) atoms.